The van der Waals surface area contributed by atoms with E-state index in [4.69, 9.17) is 4.84 Å². The maximum absolute atomic E-state index is 13.9. The van der Waals surface area contributed by atoms with Crippen LogP contribution in [0.15, 0.2) is 48.5 Å². The molecule has 0 saturated heterocycles. The zero-order valence-corrected chi connectivity index (χ0v) is 20.6. The van der Waals surface area contributed by atoms with Crippen LogP contribution < -0.4 is 15.7 Å². The summed E-state index contributed by atoms with van der Waals surface area (Å²) in [5, 5.41) is 16.4. The Morgan fingerprint density at radius 3 is 2.30 bits per heavy atom. The van der Waals surface area contributed by atoms with Gasteiger partial charge >= 0.3 is 6.18 Å². The number of rotatable bonds is 7. The van der Waals surface area contributed by atoms with E-state index in [2.05, 4.69) is 5.32 Å². The van der Waals surface area contributed by atoms with Gasteiger partial charge in [-0.15, -0.1) is 0 Å². The molecule has 2 unspecified atom stereocenters. The van der Waals surface area contributed by atoms with Crippen molar-refractivity contribution in [3.8, 4) is 11.1 Å². The van der Waals surface area contributed by atoms with Crippen molar-refractivity contribution >= 4 is 17.5 Å². The number of benzene rings is 2. The molecule has 0 saturated carbocycles. The number of halogens is 5. The molecule has 3 N–H and O–H groups in total. The number of anilines is 1. The molecule has 1 aliphatic heterocycles. The lowest BCUT2D eigenvalue weighted by Crippen LogP contribution is -2.56. The van der Waals surface area contributed by atoms with E-state index in [0.29, 0.717) is 18.4 Å². The first kappa shape index (κ1) is 30.0. The van der Waals surface area contributed by atoms with Crippen LogP contribution >= 0.6 is 0 Å². The zero-order chi connectivity index (χ0) is 27.8. The molecule has 37 heavy (non-hydrogen) atoms. The summed E-state index contributed by atoms with van der Waals surface area (Å²) in [7, 11) is 0.500. The normalized spacial score (nSPS) is 17.4. The second kappa shape index (κ2) is 12.8. The van der Waals surface area contributed by atoms with E-state index in [0.717, 1.165) is 18.1 Å². The number of hydrogen-bond acceptors (Lipinski definition) is 5. The van der Waals surface area contributed by atoms with Crippen molar-refractivity contribution in [3.63, 3.8) is 0 Å². The third-order valence-electron chi connectivity index (χ3n) is 5.50. The van der Waals surface area contributed by atoms with Crippen LogP contribution in [0.3, 0.4) is 0 Å². The van der Waals surface area contributed by atoms with E-state index in [1.54, 1.807) is 36.4 Å². The fraction of sp³-hybridized carbons (Fsp3) is 0.440. The SMILES string of the molecule is CC(F)CN1OC[C@@H](NC(=O)C(C)(O)C(=O)NCCC(F)(F)F)c2ccccc2-c2ccccc21.CF. The largest absolute Gasteiger partial charge is 0.390 e. The number of nitrogens with one attached hydrogen (secondary N) is 2. The molecule has 1 heterocycles. The van der Waals surface area contributed by atoms with Crippen LogP contribution in [0.4, 0.5) is 27.6 Å². The number of nitrogens with zero attached hydrogens (tertiary/aromatic N) is 1. The van der Waals surface area contributed by atoms with Crippen molar-refractivity contribution in [1.29, 1.82) is 0 Å². The molecule has 0 bridgehead atoms. The summed E-state index contributed by atoms with van der Waals surface area (Å²) >= 11 is 0. The average Bonchev–Trinajstić information content (AvgIpc) is 2.85. The molecule has 204 valence electrons. The Morgan fingerprint density at radius 2 is 1.68 bits per heavy atom. The minimum atomic E-state index is -4.50. The maximum atomic E-state index is 13.9. The van der Waals surface area contributed by atoms with Crippen LogP contribution in [-0.2, 0) is 14.4 Å². The Labute approximate surface area is 211 Å². The van der Waals surface area contributed by atoms with E-state index in [-0.39, 0.29) is 13.2 Å². The summed E-state index contributed by atoms with van der Waals surface area (Å²) < 4.78 is 60.5. The topological polar surface area (TPSA) is 90.9 Å². The smallest absolute Gasteiger partial charge is 0.372 e. The van der Waals surface area contributed by atoms with Crippen molar-refractivity contribution < 1.29 is 41.5 Å². The van der Waals surface area contributed by atoms with E-state index in [1.165, 1.54) is 12.0 Å². The van der Waals surface area contributed by atoms with Crippen LogP contribution in [-0.4, -0.2) is 61.7 Å². The monoisotopic (exact) mass is 531 g/mol. The first-order valence-corrected chi connectivity index (χ1v) is 11.4. The van der Waals surface area contributed by atoms with E-state index in [1.807, 2.05) is 17.4 Å². The van der Waals surface area contributed by atoms with Gasteiger partial charge in [0, 0.05) is 12.1 Å². The highest BCUT2D eigenvalue weighted by Gasteiger charge is 2.41. The highest BCUT2D eigenvalue weighted by molar-refractivity contribution is 6.07. The minimum Gasteiger partial charge on any atom is -0.372 e. The van der Waals surface area contributed by atoms with Gasteiger partial charge in [-0.2, -0.15) is 13.2 Å². The standard InChI is InChI=1S/C24H27F4N3O4.CH3F/c1-15(25)13-31-20-10-6-5-9-18(20)16-7-3-4-8-17(16)19(14-35-31)30-22(33)23(2,34)21(32)29-12-11-24(26,27)28;1-2/h3-10,15,19,34H,11-14H2,1-2H3,(H,29,32)(H,30,33);1H3/t15?,19-,23?;/m1./s1. The van der Waals surface area contributed by atoms with Crippen molar-refractivity contribution in [2.45, 2.75) is 44.3 Å². The number of alkyl halides is 5. The predicted molar refractivity (Wildman–Crippen MR) is 128 cm³/mol. The quantitative estimate of drug-likeness (QED) is 0.371. The van der Waals surface area contributed by atoms with Gasteiger partial charge in [-0.1, -0.05) is 42.5 Å². The summed E-state index contributed by atoms with van der Waals surface area (Å²) in [6.45, 7) is 1.25. The Kier molecular flexibility index (Phi) is 10.4. The Hall–Kier alpha value is -3.25. The Morgan fingerprint density at radius 1 is 1.08 bits per heavy atom. The zero-order valence-electron chi connectivity index (χ0n) is 20.6. The fourth-order valence-electron chi connectivity index (χ4n) is 3.68. The van der Waals surface area contributed by atoms with Crippen LogP contribution in [0.5, 0.6) is 0 Å². The number of hydrogen-bond donors (Lipinski definition) is 3. The number of amides is 2. The molecule has 2 aromatic rings. The average molecular weight is 532 g/mol. The minimum absolute atomic E-state index is 0.0842. The van der Waals surface area contributed by atoms with Crippen molar-refractivity contribution in [2.75, 3.05) is 31.9 Å². The maximum Gasteiger partial charge on any atom is 0.390 e. The van der Waals surface area contributed by atoms with Crippen molar-refractivity contribution in [1.82, 2.24) is 10.6 Å². The molecule has 0 spiro atoms. The molecular formula is C25H30F5N3O4. The highest BCUT2D eigenvalue weighted by atomic mass is 19.4. The third kappa shape index (κ3) is 7.86. The number of aliphatic hydroxyl groups is 1. The van der Waals surface area contributed by atoms with E-state index in [9.17, 15) is 36.6 Å². The van der Waals surface area contributed by atoms with Gasteiger partial charge in [0.2, 0.25) is 5.60 Å². The summed E-state index contributed by atoms with van der Waals surface area (Å²) in [5.41, 5.74) is 0.0511. The van der Waals surface area contributed by atoms with Crippen molar-refractivity contribution in [3.05, 3.63) is 54.1 Å². The van der Waals surface area contributed by atoms with Crippen molar-refractivity contribution in [2.24, 2.45) is 0 Å². The summed E-state index contributed by atoms with van der Waals surface area (Å²) in [4.78, 5) is 31.0. The molecule has 0 aliphatic carbocycles. The summed E-state index contributed by atoms with van der Waals surface area (Å²) in [6, 6.07) is 13.4. The predicted octanol–water partition coefficient (Wildman–Crippen LogP) is 4.03. The van der Waals surface area contributed by atoms with Gasteiger partial charge in [0.05, 0.1) is 38.5 Å². The number of para-hydroxylation sites is 1. The second-order valence-electron chi connectivity index (χ2n) is 8.46. The van der Waals surface area contributed by atoms with Crippen LogP contribution in [0.2, 0.25) is 0 Å². The molecular weight excluding hydrogens is 501 g/mol. The van der Waals surface area contributed by atoms with Gasteiger partial charge in [0.15, 0.2) is 0 Å². The number of hydroxylamine groups is 1. The highest BCUT2D eigenvalue weighted by Crippen LogP contribution is 2.38. The molecule has 0 fully saturated rings. The molecule has 2 aromatic carbocycles. The lowest BCUT2D eigenvalue weighted by Gasteiger charge is -2.34. The number of carbonyl (C=O) groups excluding carboxylic acids is 2. The third-order valence-corrected chi connectivity index (χ3v) is 5.50. The molecule has 0 radical (unpaired) electrons. The second-order valence-corrected chi connectivity index (χ2v) is 8.46. The van der Waals surface area contributed by atoms with Gasteiger partial charge < -0.3 is 15.7 Å². The van der Waals surface area contributed by atoms with Gasteiger partial charge in [-0.05, 0) is 31.0 Å². The van der Waals surface area contributed by atoms with Gasteiger partial charge in [0.25, 0.3) is 11.8 Å². The lowest BCUT2D eigenvalue weighted by molar-refractivity contribution is -0.153. The van der Waals surface area contributed by atoms with Crippen LogP contribution in [0.25, 0.3) is 11.1 Å². The van der Waals surface area contributed by atoms with Crippen LogP contribution in [0, 0.1) is 0 Å². The summed E-state index contributed by atoms with van der Waals surface area (Å²) in [6.07, 6.45) is -7.03. The molecule has 0 aromatic heterocycles. The van der Waals surface area contributed by atoms with E-state index >= 15 is 0 Å². The molecule has 12 heteroatoms. The fourth-order valence-corrected chi connectivity index (χ4v) is 3.68. The Balaban J connectivity index is 0.00000235. The van der Waals surface area contributed by atoms with Gasteiger partial charge in [-0.3, -0.25) is 23.9 Å². The molecule has 7 nitrogen and oxygen atoms in total. The van der Waals surface area contributed by atoms with E-state index < -0.39 is 48.8 Å². The molecule has 2 amide bonds. The first-order valence-electron chi connectivity index (χ1n) is 11.4. The van der Waals surface area contributed by atoms with Crippen LogP contribution in [0.1, 0.15) is 31.9 Å². The molecule has 3 atom stereocenters. The van der Waals surface area contributed by atoms with Gasteiger partial charge in [-0.25, -0.2) is 4.39 Å². The Bertz CT molecular complexity index is 1060. The molecule has 1 aliphatic rings. The number of fused-ring (bicyclic) bond motifs is 3. The van der Waals surface area contributed by atoms with Gasteiger partial charge in [0.1, 0.15) is 6.17 Å². The summed E-state index contributed by atoms with van der Waals surface area (Å²) in [5.74, 6) is -2.39. The molecule has 3 rings (SSSR count). The number of carbonyl (C=O) groups is 2. The first-order chi connectivity index (χ1) is 17.4. The lowest BCUT2D eigenvalue weighted by atomic mass is 9.92.